The van der Waals surface area contributed by atoms with Gasteiger partial charge in [-0.2, -0.15) is 8.42 Å². The molecule has 0 unspecified atom stereocenters. The van der Waals surface area contributed by atoms with E-state index in [-0.39, 0.29) is 31.5 Å². The minimum Gasteiger partial charge on any atom is -0.490 e. The van der Waals surface area contributed by atoms with Gasteiger partial charge in [0.15, 0.2) is 5.03 Å². The van der Waals surface area contributed by atoms with Crippen LogP contribution in [0.2, 0.25) is 0 Å². The SMILES string of the molecule is CC1(S(=O)(=O)c2ccc(OCCOS(C)(=O)=O)cn2)COC1. The van der Waals surface area contributed by atoms with Gasteiger partial charge in [0.05, 0.1) is 25.7 Å². The molecule has 2 rings (SSSR count). The number of aromatic nitrogens is 1. The molecule has 0 N–H and O–H groups in total. The minimum absolute atomic E-state index is 0.00635. The zero-order valence-electron chi connectivity index (χ0n) is 12.2. The summed E-state index contributed by atoms with van der Waals surface area (Å²) in [6.07, 6.45) is 2.22. The molecule has 8 nitrogen and oxygen atoms in total. The first-order valence-corrected chi connectivity index (χ1v) is 9.70. The van der Waals surface area contributed by atoms with E-state index in [9.17, 15) is 16.8 Å². The van der Waals surface area contributed by atoms with Crippen LogP contribution >= 0.6 is 0 Å². The van der Waals surface area contributed by atoms with E-state index in [0.29, 0.717) is 5.75 Å². The van der Waals surface area contributed by atoms with E-state index in [0.717, 1.165) is 6.26 Å². The van der Waals surface area contributed by atoms with Crippen molar-refractivity contribution in [1.29, 1.82) is 0 Å². The van der Waals surface area contributed by atoms with E-state index in [2.05, 4.69) is 9.17 Å². The van der Waals surface area contributed by atoms with Gasteiger partial charge in [-0.25, -0.2) is 13.4 Å². The largest absolute Gasteiger partial charge is 0.490 e. The number of rotatable bonds is 7. The zero-order valence-corrected chi connectivity index (χ0v) is 13.8. The van der Waals surface area contributed by atoms with E-state index in [1.54, 1.807) is 6.92 Å². The summed E-state index contributed by atoms with van der Waals surface area (Å²) in [5.74, 6) is 0.325. The molecule has 1 fully saturated rings. The third-order valence-corrected chi connectivity index (χ3v) is 6.02. The molecule has 22 heavy (non-hydrogen) atoms. The fourth-order valence-electron chi connectivity index (χ4n) is 1.75. The van der Waals surface area contributed by atoms with Crippen molar-refractivity contribution >= 4 is 20.0 Å². The van der Waals surface area contributed by atoms with Gasteiger partial charge in [0.1, 0.15) is 23.7 Å². The predicted molar refractivity (Wildman–Crippen MR) is 76.9 cm³/mol. The van der Waals surface area contributed by atoms with Crippen LogP contribution in [0.4, 0.5) is 0 Å². The van der Waals surface area contributed by atoms with Gasteiger partial charge in [0.25, 0.3) is 10.1 Å². The summed E-state index contributed by atoms with van der Waals surface area (Å²) in [7, 11) is -7.06. The van der Waals surface area contributed by atoms with E-state index >= 15 is 0 Å². The Morgan fingerprint density at radius 3 is 2.36 bits per heavy atom. The Morgan fingerprint density at radius 2 is 1.91 bits per heavy atom. The van der Waals surface area contributed by atoms with E-state index in [1.807, 2.05) is 0 Å². The van der Waals surface area contributed by atoms with Crippen molar-refractivity contribution in [3.8, 4) is 5.75 Å². The van der Waals surface area contributed by atoms with Crippen LogP contribution in [0.15, 0.2) is 23.4 Å². The lowest BCUT2D eigenvalue weighted by Crippen LogP contribution is -2.53. The van der Waals surface area contributed by atoms with Gasteiger partial charge in [-0.1, -0.05) is 0 Å². The van der Waals surface area contributed by atoms with Crippen molar-refractivity contribution < 1.29 is 30.5 Å². The zero-order chi connectivity index (χ0) is 16.4. The van der Waals surface area contributed by atoms with Crippen LogP contribution in [0.3, 0.4) is 0 Å². The van der Waals surface area contributed by atoms with Crippen LogP contribution in [0.25, 0.3) is 0 Å². The normalized spacial score (nSPS) is 17.7. The highest BCUT2D eigenvalue weighted by molar-refractivity contribution is 7.92. The smallest absolute Gasteiger partial charge is 0.264 e. The Hall–Kier alpha value is -1.23. The Morgan fingerprint density at radius 1 is 1.23 bits per heavy atom. The van der Waals surface area contributed by atoms with Crippen LogP contribution in [0.1, 0.15) is 6.92 Å². The van der Waals surface area contributed by atoms with Gasteiger partial charge in [-0.15, -0.1) is 0 Å². The van der Waals surface area contributed by atoms with Gasteiger partial charge in [-0.05, 0) is 19.1 Å². The van der Waals surface area contributed by atoms with Gasteiger partial charge in [0, 0.05) is 0 Å². The average molecular weight is 351 g/mol. The van der Waals surface area contributed by atoms with Gasteiger partial charge in [-0.3, -0.25) is 4.18 Å². The van der Waals surface area contributed by atoms with Crippen molar-refractivity contribution in [3.63, 3.8) is 0 Å². The lowest BCUT2D eigenvalue weighted by atomic mass is 10.1. The molecule has 0 aliphatic carbocycles. The van der Waals surface area contributed by atoms with E-state index in [4.69, 9.17) is 9.47 Å². The number of nitrogens with zero attached hydrogens (tertiary/aromatic N) is 1. The second-order valence-corrected chi connectivity index (χ2v) is 9.21. The fraction of sp³-hybridized carbons (Fsp3) is 0.583. The monoisotopic (exact) mass is 351 g/mol. The molecule has 0 atom stereocenters. The maximum absolute atomic E-state index is 12.3. The molecule has 1 aliphatic rings. The molecule has 0 aromatic carbocycles. The van der Waals surface area contributed by atoms with Crippen molar-refractivity contribution in [2.24, 2.45) is 0 Å². The quantitative estimate of drug-likeness (QED) is 0.499. The first-order chi connectivity index (χ1) is 10.1. The second kappa shape index (κ2) is 6.11. The number of hydrogen-bond donors (Lipinski definition) is 0. The third-order valence-electron chi connectivity index (χ3n) is 3.10. The van der Waals surface area contributed by atoms with Crippen LogP contribution in [0.5, 0.6) is 5.75 Å². The number of pyridine rings is 1. The molecule has 0 amide bonds. The average Bonchev–Trinajstić information content (AvgIpc) is 2.40. The van der Waals surface area contributed by atoms with Gasteiger partial charge >= 0.3 is 0 Å². The Bertz CT molecular complexity index is 721. The standard InChI is InChI=1S/C12H17NO7S2/c1-12(8-18-9-12)22(16,17)11-4-3-10(7-13-11)19-5-6-20-21(2,14)15/h3-4,7H,5-6,8-9H2,1-2H3. The summed E-state index contributed by atoms with van der Waals surface area (Å²) in [6, 6.07) is 2.81. The lowest BCUT2D eigenvalue weighted by Gasteiger charge is -2.36. The highest BCUT2D eigenvalue weighted by Gasteiger charge is 2.47. The molecule has 124 valence electrons. The van der Waals surface area contributed by atoms with Gasteiger partial charge < -0.3 is 9.47 Å². The molecule has 10 heteroatoms. The molecule has 1 aromatic heterocycles. The molecule has 2 heterocycles. The summed E-state index contributed by atoms with van der Waals surface area (Å²) >= 11 is 0. The van der Waals surface area contributed by atoms with Crippen molar-refractivity contribution in [1.82, 2.24) is 4.98 Å². The summed E-state index contributed by atoms with van der Waals surface area (Å²) in [6.45, 7) is 1.79. The number of hydrogen-bond acceptors (Lipinski definition) is 8. The first kappa shape index (κ1) is 17.1. The summed E-state index contributed by atoms with van der Waals surface area (Å²) in [4.78, 5) is 3.90. The fourth-order valence-corrected chi connectivity index (χ4v) is 3.54. The summed E-state index contributed by atoms with van der Waals surface area (Å²) < 4.78 is 60.0. The number of sulfone groups is 1. The first-order valence-electron chi connectivity index (χ1n) is 6.40. The maximum atomic E-state index is 12.3. The van der Waals surface area contributed by atoms with Crippen molar-refractivity contribution in [2.45, 2.75) is 16.7 Å². The second-order valence-electron chi connectivity index (χ2n) is 5.15. The third kappa shape index (κ3) is 3.75. The van der Waals surface area contributed by atoms with Crippen molar-refractivity contribution in [2.75, 3.05) is 32.7 Å². The predicted octanol–water partition coefficient (Wildman–Crippen LogP) is -0.000800. The van der Waals surface area contributed by atoms with Crippen LogP contribution in [0, 0.1) is 0 Å². The highest BCUT2D eigenvalue weighted by atomic mass is 32.2. The lowest BCUT2D eigenvalue weighted by molar-refractivity contribution is -0.00501. The number of ether oxygens (including phenoxy) is 2. The molecular weight excluding hydrogens is 334 g/mol. The molecule has 0 saturated carbocycles. The van der Waals surface area contributed by atoms with Crippen LogP contribution < -0.4 is 4.74 Å². The molecule has 1 saturated heterocycles. The molecule has 0 spiro atoms. The highest BCUT2D eigenvalue weighted by Crippen LogP contribution is 2.31. The van der Waals surface area contributed by atoms with Crippen LogP contribution in [-0.4, -0.2) is 59.2 Å². The maximum Gasteiger partial charge on any atom is 0.264 e. The van der Waals surface area contributed by atoms with Gasteiger partial charge in [0.2, 0.25) is 9.84 Å². The van der Waals surface area contributed by atoms with Crippen molar-refractivity contribution in [3.05, 3.63) is 18.3 Å². The molecular formula is C12H17NO7S2. The Balaban J connectivity index is 1.96. The molecule has 1 aromatic rings. The summed E-state index contributed by atoms with van der Waals surface area (Å²) in [5.41, 5.74) is 0. The Labute approximate surface area is 129 Å². The Kier molecular flexibility index (Phi) is 4.76. The molecule has 1 aliphatic heterocycles. The molecule has 0 radical (unpaired) electrons. The topological polar surface area (TPSA) is 109 Å². The van der Waals surface area contributed by atoms with E-state index in [1.165, 1.54) is 18.3 Å². The summed E-state index contributed by atoms with van der Waals surface area (Å²) in [5, 5.41) is -0.0435. The minimum atomic E-state index is -3.56. The van der Waals surface area contributed by atoms with Crippen LogP contribution in [-0.2, 0) is 28.9 Å². The molecule has 0 bridgehead atoms. The van der Waals surface area contributed by atoms with E-state index < -0.39 is 24.7 Å².